The van der Waals surface area contributed by atoms with E-state index in [2.05, 4.69) is 18.7 Å². The van der Waals surface area contributed by atoms with E-state index in [4.69, 9.17) is 9.47 Å². The average molecular weight is 267 g/mol. The van der Waals surface area contributed by atoms with Gasteiger partial charge in [0.15, 0.2) is 0 Å². The third-order valence-corrected chi connectivity index (χ3v) is 5.40. The van der Waals surface area contributed by atoms with Gasteiger partial charge in [-0.25, -0.2) is 0 Å². The molecule has 3 fully saturated rings. The molecule has 2 aliphatic heterocycles. The number of nitrogens with zero attached hydrogens (tertiary/aromatic N) is 1. The minimum absolute atomic E-state index is 0.433. The van der Waals surface area contributed by atoms with Crippen molar-refractivity contribution in [2.45, 2.75) is 58.1 Å². The van der Waals surface area contributed by atoms with E-state index in [1.165, 1.54) is 32.2 Å². The second kappa shape index (κ2) is 5.71. The molecule has 0 N–H and O–H groups in total. The molecule has 0 spiro atoms. The van der Waals surface area contributed by atoms with Crippen LogP contribution in [0.15, 0.2) is 0 Å². The van der Waals surface area contributed by atoms with E-state index in [-0.39, 0.29) is 0 Å². The van der Waals surface area contributed by atoms with Crippen LogP contribution in [0, 0.1) is 11.3 Å². The van der Waals surface area contributed by atoms with E-state index < -0.39 is 0 Å². The highest BCUT2D eigenvalue weighted by Crippen LogP contribution is 2.38. The quantitative estimate of drug-likeness (QED) is 0.768. The normalized spacial score (nSPS) is 36.9. The molecular formula is C16H29NO2. The van der Waals surface area contributed by atoms with Gasteiger partial charge >= 0.3 is 0 Å². The fraction of sp³-hybridized carbons (Fsp3) is 1.00. The van der Waals surface area contributed by atoms with Crippen molar-refractivity contribution in [3.05, 3.63) is 0 Å². The highest BCUT2D eigenvalue weighted by molar-refractivity contribution is 4.89. The van der Waals surface area contributed by atoms with E-state index in [1.807, 2.05) is 0 Å². The van der Waals surface area contributed by atoms with Crippen LogP contribution in [-0.4, -0.2) is 50.0 Å². The molecule has 0 bridgehead atoms. The van der Waals surface area contributed by atoms with Crippen LogP contribution in [0.5, 0.6) is 0 Å². The summed E-state index contributed by atoms with van der Waals surface area (Å²) in [7, 11) is 0. The Balaban J connectivity index is 1.54. The first kappa shape index (κ1) is 13.8. The lowest BCUT2D eigenvalue weighted by atomic mass is 9.73. The summed E-state index contributed by atoms with van der Waals surface area (Å²) in [5.74, 6) is 0.897. The Morgan fingerprint density at radius 2 is 1.89 bits per heavy atom. The molecule has 2 saturated heterocycles. The Morgan fingerprint density at radius 1 is 1.11 bits per heavy atom. The van der Waals surface area contributed by atoms with Gasteiger partial charge in [-0.2, -0.15) is 0 Å². The van der Waals surface area contributed by atoms with Crippen molar-refractivity contribution in [2.75, 3.05) is 32.9 Å². The molecule has 3 heteroatoms. The Labute approximate surface area is 117 Å². The minimum atomic E-state index is 0.433. The molecule has 2 heterocycles. The molecule has 0 amide bonds. The zero-order chi connectivity index (χ0) is 13.3. The predicted octanol–water partition coefficient (Wildman–Crippen LogP) is 2.69. The monoisotopic (exact) mass is 267 g/mol. The maximum Gasteiger partial charge on any atom is 0.0775 e. The van der Waals surface area contributed by atoms with Crippen LogP contribution in [0.1, 0.15) is 46.0 Å². The maximum atomic E-state index is 5.91. The Kier molecular flexibility index (Phi) is 4.16. The number of rotatable bonds is 2. The van der Waals surface area contributed by atoms with Crippen LogP contribution in [0.25, 0.3) is 0 Å². The molecule has 19 heavy (non-hydrogen) atoms. The Hall–Kier alpha value is -0.120. The van der Waals surface area contributed by atoms with Gasteiger partial charge in [0.1, 0.15) is 0 Å². The molecule has 3 aliphatic rings. The molecule has 0 aromatic rings. The van der Waals surface area contributed by atoms with E-state index in [1.54, 1.807) is 0 Å². The van der Waals surface area contributed by atoms with E-state index >= 15 is 0 Å². The smallest absolute Gasteiger partial charge is 0.0775 e. The number of hydrogen-bond donors (Lipinski definition) is 0. The van der Waals surface area contributed by atoms with Gasteiger partial charge in [0.05, 0.1) is 25.4 Å². The fourth-order valence-electron chi connectivity index (χ4n) is 3.93. The van der Waals surface area contributed by atoms with Gasteiger partial charge in [-0.3, -0.25) is 4.90 Å². The minimum Gasteiger partial charge on any atom is -0.380 e. The number of morpholine rings is 1. The largest absolute Gasteiger partial charge is 0.380 e. The first-order valence-electron chi connectivity index (χ1n) is 8.07. The number of fused-ring (bicyclic) bond motifs is 1. The third-order valence-electron chi connectivity index (χ3n) is 5.40. The van der Waals surface area contributed by atoms with Crippen LogP contribution >= 0.6 is 0 Å². The van der Waals surface area contributed by atoms with Gasteiger partial charge in [0.2, 0.25) is 0 Å². The van der Waals surface area contributed by atoms with Crippen LogP contribution in [0.3, 0.4) is 0 Å². The number of hydrogen-bond acceptors (Lipinski definition) is 3. The zero-order valence-electron chi connectivity index (χ0n) is 12.6. The van der Waals surface area contributed by atoms with Crippen molar-refractivity contribution in [1.82, 2.24) is 4.90 Å². The van der Waals surface area contributed by atoms with E-state index in [9.17, 15) is 0 Å². The first-order valence-corrected chi connectivity index (χ1v) is 8.07. The Bertz CT molecular complexity index is 293. The van der Waals surface area contributed by atoms with Crippen molar-refractivity contribution >= 4 is 0 Å². The molecule has 2 atom stereocenters. The third kappa shape index (κ3) is 3.32. The molecule has 1 saturated carbocycles. The van der Waals surface area contributed by atoms with Gasteiger partial charge in [-0.1, -0.05) is 13.8 Å². The summed E-state index contributed by atoms with van der Waals surface area (Å²) in [6.45, 7) is 9.88. The van der Waals surface area contributed by atoms with Crippen molar-refractivity contribution in [3.63, 3.8) is 0 Å². The highest BCUT2D eigenvalue weighted by Gasteiger charge is 2.36. The molecule has 0 radical (unpaired) electrons. The van der Waals surface area contributed by atoms with Crippen molar-refractivity contribution < 1.29 is 9.47 Å². The molecule has 0 aromatic heterocycles. The summed E-state index contributed by atoms with van der Waals surface area (Å²) < 4.78 is 11.6. The Morgan fingerprint density at radius 3 is 2.68 bits per heavy atom. The van der Waals surface area contributed by atoms with Crippen LogP contribution in [0.2, 0.25) is 0 Å². The van der Waals surface area contributed by atoms with Crippen LogP contribution < -0.4 is 0 Å². The summed E-state index contributed by atoms with van der Waals surface area (Å²) >= 11 is 0. The zero-order valence-corrected chi connectivity index (χ0v) is 12.6. The number of ether oxygens (including phenoxy) is 2. The summed E-state index contributed by atoms with van der Waals surface area (Å²) in [4.78, 5) is 2.66. The average Bonchev–Trinajstić information content (AvgIpc) is 2.42. The lowest BCUT2D eigenvalue weighted by Gasteiger charge is -2.45. The van der Waals surface area contributed by atoms with Crippen LogP contribution in [0.4, 0.5) is 0 Å². The van der Waals surface area contributed by atoms with Gasteiger partial charge in [0.25, 0.3) is 0 Å². The summed E-state index contributed by atoms with van der Waals surface area (Å²) in [6.07, 6.45) is 7.12. The predicted molar refractivity (Wildman–Crippen MR) is 76.3 cm³/mol. The summed E-state index contributed by atoms with van der Waals surface area (Å²) in [6, 6.07) is 0.525. The summed E-state index contributed by atoms with van der Waals surface area (Å²) in [5, 5.41) is 0. The molecule has 2 unspecified atom stereocenters. The van der Waals surface area contributed by atoms with Crippen LogP contribution in [-0.2, 0) is 9.47 Å². The van der Waals surface area contributed by atoms with Crippen molar-refractivity contribution in [2.24, 2.45) is 11.3 Å². The summed E-state index contributed by atoms with van der Waals surface area (Å²) in [5.41, 5.74) is 0.581. The molecule has 110 valence electrons. The lowest BCUT2D eigenvalue weighted by molar-refractivity contribution is -0.135. The molecule has 3 rings (SSSR count). The first-order chi connectivity index (χ1) is 9.14. The standard InChI is InChI=1S/C16H29NO2/c1-16(2)6-3-13(4-7-16)11-17-8-10-19-15-5-9-18-12-14(15)17/h13-15H,3-12H2,1-2H3. The van der Waals surface area contributed by atoms with E-state index in [0.717, 1.165) is 38.7 Å². The molecular weight excluding hydrogens is 238 g/mol. The van der Waals surface area contributed by atoms with E-state index in [0.29, 0.717) is 17.6 Å². The van der Waals surface area contributed by atoms with Gasteiger partial charge in [0, 0.05) is 19.7 Å². The van der Waals surface area contributed by atoms with Gasteiger partial charge in [-0.05, 0) is 43.4 Å². The lowest BCUT2D eigenvalue weighted by Crippen LogP contribution is -2.57. The van der Waals surface area contributed by atoms with Gasteiger partial charge in [-0.15, -0.1) is 0 Å². The molecule has 1 aliphatic carbocycles. The maximum absolute atomic E-state index is 5.91. The molecule has 3 nitrogen and oxygen atoms in total. The van der Waals surface area contributed by atoms with Crippen molar-refractivity contribution in [1.29, 1.82) is 0 Å². The van der Waals surface area contributed by atoms with Crippen molar-refractivity contribution in [3.8, 4) is 0 Å². The molecule has 0 aromatic carbocycles. The van der Waals surface area contributed by atoms with Gasteiger partial charge < -0.3 is 9.47 Å². The second-order valence-corrected chi connectivity index (χ2v) is 7.44. The fourth-order valence-corrected chi connectivity index (χ4v) is 3.93. The topological polar surface area (TPSA) is 21.7 Å². The SMILES string of the molecule is CC1(C)CCC(CN2CCOC3CCOCC32)CC1. The second-order valence-electron chi connectivity index (χ2n) is 7.44. The highest BCUT2D eigenvalue weighted by atomic mass is 16.5.